The number of methoxy groups -OCH3 is 1. The number of anilines is 2. The molecule has 0 bridgehead atoms. The van der Waals surface area contributed by atoms with E-state index in [2.05, 4.69) is 26.5 Å². The Labute approximate surface area is 197 Å². The third-order valence-corrected chi connectivity index (χ3v) is 6.27. The third-order valence-electron chi connectivity index (χ3n) is 6.27. The van der Waals surface area contributed by atoms with E-state index in [-0.39, 0.29) is 6.04 Å². The Bertz CT molecular complexity index is 1290. The number of ether oxygens (including phenoxy) is 1. The van der Waals surface area contributed by atoms with Crippen LogP contribution in [0.5, 0.6) is 5.75 Å². The molecule has 4 aromatic rings. The van der Waals surface area contributed by atoms with Gasteiger partial charge in [-0.25, -0.2) is 15.0 Å². The molecule has 9 nitrogen and oxygen atoms in total. The number of hydrogen-bond acceptors (Lipinski definition) is 8. The monoisotopic (exact) mass is 455 g/mol. The predicted octanol–water partition coefficient (Wildman–Crippen LogP) is 5.39. The van der Waals surface area contributed by atoms with Crippen LogP contribution in [0.4, 0.5) is 11.6 Å². The zero-order chi connectivity index (χ0) is 23.3. The van der Waals surface area contributed by atoms with Gasteiger partial charge in [-0.3, -0.25) is 4.68 Å². The molecule has 9 heteroatoms. The van der Waals surface area contributed by atoms with Gasteiger partial charge in [-0.1, -0.05) is 25.0 Å². The highest BCUT2D eigenvalue weighted by Crippen LogP contribution is 2.37. The number of aromatic nitrogens is 5. The molecular formula is C25H25N7O2. The second-order valence-corrected chi connectivity index (χ2v) is 8.37. The van der Waals surface area contributed by atoms with E-state index in [0.29, 0.717) is 35.5 Å². The minimum atomic E-state index is 0.0745. The fraction of sp³-hybridized carbons (Fsp3) is 0.320. The molecule has 0 saturated heterocycles. The van der Waals surface area contributed by atoms with Crippen molar-refractivity contribution < 1.29 is 9.15 Å². The van der Waals surface area contributed by atoms with E-state index in [0.717, 1.165) is 29.7 Å². The minimum absolute atomic E-state index is 0.0745. The number of nitrogens with one attached hydrogen (secondary N) is 1. The fourth-order valence-electron chi connectivity index (χ4n) is 4.58. The first-order valence-corrected chi connectivity index (χ1v) is 11.3. The van der Waals surface area contributed by atoms with Crippen molar-refractivity contribution in [1.29, 1.82) is 5.26 Å². The molecule has 1 fully saturated rings. The first-order valence-electron chi connectivity index (χ1n) is 11.3. The number of nitriles is 1. The standard InChI is InChI=1S/C25H25N7O2/c1-33-23-14-28-25(30-20-8-4-7-18(11-20)22-13-27-16-34-22)31-24(23)19-12-29-32(15-19)21(9-10-26)17-5-2-3-6-17/h4,7-8,11-17,21H,2-3,5-6,9H2,1H3,(H,28,30,31). The van der Waals surface area contributed by atoms with E-state index in [4.69, 9.17) is 14.1 Å². The molecule has 172 valence electrons. The summed E-state index contributed by atoms with van der Waals surface area (Å²) >= 11 is 0. The van der Waals surface area contributed by atoms with Gasteiger partial charge in [0, 0.05) is 23.0 Å². The van der Waals surface area contributed by atoms with Crippen LogP contribution in [0.3, 0.4) is 0 Å². The highest BCUT2D eigenvalue weighted by molar-refractivity contribution is 5.69. The average molecular weight is 456 g/mol. The third kappa shape index (κ3) is 4.48. The Balaban J connectivity index is 1.42. The number of benzene rings is 1. The Morgan fingerprint density at radius 2 is 2.12 bits per heavy atom. The highest BCUT2D eigenvalue weighted by atomic mass is 16.5. The summed E-state index contributed by atoms with van der Waals surface area (Å²) in [5.41, 5.74) is 3.17. The molecule has 1 atom stereocenters. The summed E-state index contributed by atoms with van der Waals surface area (Å²) in [5, 5.41) is 17.2. The molecule has 34 heavy (non-hydrogen) atoms. The van der Waals surface area contributed by atoms with Crippen molar-refractivity contribution >= 4 is 11.6 Å². The van der Waals surface area contributed by atoms with E-state index >= 15 is 0 Å². The van der Waals surface area contributed by atoms with Gasteiger partial charge in [-0.05, 0) is 30.9 Å². The van der Waals surface area contributed by atoms with Crippen LogP contribution in [-0.2, 0) is 0 Å². The van der Waals surface area contributed by atoms with Crippen LogP contribution in [0, 0.1) is 17.2 Å². The lowest BCUT2D eigenvalue weighted by atomic mass is 9.96. The Kier molecular flexibility index (Phi) is 6.21. The molecule has 3 aromatic heterocycles. The first-order chi connectivity index (χ1) is 16.7. The molecule has 0 amide bonds. The van der Waals surface area contributed by atoms with Crippen molar-refractivity contribution in [3.05, 3.63) is 55.4 Å². The molecule has 1 saturated carbocycles. The largest absolute Gasteiger partial charge is 0.493 e. The summed E-state index contributed by atoms with van der Waals surface area (Å²) in [7, 11) is 1.59. The van der Waals surface area contributed by atoms with E-state index < -0.39 is 0 Å². The lowest BCUT2D eigenvalue weighted by molar-refractivity contribution is 0.315. The lowest BCUT2D eigenvalue weighted by Crippen LogP contribution is -2.17. The van der Waals surface area contributed by atoms with Crippen molar-refractivity contribution in [3.63, 3.8) is 0 Å². The van der Waals surface area contributed by atoms with Crippen molar-refractivity contribution in [2.45, 2.75) is 38.1 Å². The van der Waals surface area contributed by atoms with Crippen LogP contribution in [-0.4, -0.2) is 31.8 Å². The van der Waals surface area contributed by atoms with Gasteiger partial charge in [0.25, 0.3) is 0 Å². The Hall–Kier alpha value is -4.19. The molecule has 5 rings (SSSR count). The lowest BCUT2D eigenvalue weighted by Gasteiger charge is -2.21. The fourth-order valence-corrected chi connectivity index (χ4v) is 4.58. The van der Waals surface area contributed by atoms with Gasteiger partial charge in [0.15, 0.2) is 17.9 Å². The molecule has 3 heterocycles. The van der Waals surface area contributed by atoms with Gasteiger partial charge in [-0.15, -0.1) is 0 Å². The van der Waals surface area contributed by atoms with Gasteiger partial charge < -0.3 is 14.5 Å². The summed E-state index contributed by atoms with van der Waals surface area (Å²) in [4.78, 5) is 13.1. The SMILES string of the molecule is COc1cnc(Nc2cccc(-c3cnco3)c2)nc1-c1cnn(C(CC#N)C2CCCC2)c1. The predicted molar refractivity (Wildman–Crippen MR) is 126 cm³/mol. The molecular weight excluding hydrogens is 430 g/mol. The van der Waals surface area contributed by atoms with Crippen LogP contribution in [0.2, 0.25) is 0 Å². The normalized spacial score (nSPS) is 14.6. The van der Waals surface area contributed by atoms with Crippen LogP contribution < -0.4 is 10.1 Å². The van der Waals surface area contributed by atoms with Crippen LogP contribution in [0.15, 0.2) is 59.9 Å². The molecule has 0 spiro atoms. The number of rotatable bonds is 8. The van der Waals surface area contributed by atoms with Crippen LogP contribution in [0.25, 0.3) is 22.6 Å². The van der Waals surface area contributed by atoms with E-state index in [9.17, 15) is 5.26 Å². The summed E-state index contributed by atoms with van der Waals surface area (Å²) in [5.74, 6) is 2.15. The molecule has 1 N–H and O–H groups in total. The number of oxazole rings is 1. The zero-order valence-corrected chi connectivity index (χ0v) is 18.9. The molecule has 1 aromatic carbocycles. The van der Waals surface area contributed by atoms with E-state index in [1.807, 2.05) is 35.1 Å². The van der Waals surface area contributed by atoms with Crippen molar-refractivity contribution in [3.8, 4) is 34.4 Å². The quantitative estimate of drug-likeness (QED) is 0.376. The average Bonchev–Trinajstić information content (AvgIpc) is 3.65. The first kappa shape index (κ1) is 21.6. The number of hydrogen-bond donors (Lipinski definition) is 1. The number of nitrogens with zero attached hydrogens (tertiary/aromatic N) is 6. The van der Waals surface area contributed by atoms with Crippen molar-refractivity contribution in [2.24, 2.45) is 5.92 Å². The molecule has 0 radical (unpaired) electrons. The van der Waals surface area contributed by atoms with Gasteiger partial charge in [0.1, 0.15) is 5.69 Å². The zero-order valence-electron chi connectivity index (χ0n) is 18.9. The van der Waals surface area contributed by atoms with Crippen LogP contribution >= 0.6 is 0 Å². The van der Waals surface area contributed by atoms with E-state index in [1.54, 1.807) is 25.7 Å². The smallest absolute Gasteiger partial charge is 0.227 e. The molecule has 1 unspecified atom stereocenters. The molecule has 1 aliphatic rings. The summed E-state index contributed by atoms with van der Waals surface area (Å²) in [6.45, 7) is 0. The molecule has 1 aliphatic carbocycles. The van der Waals surface area contributed by atoms with Crippen LogP contribution in [0.1, 0.15) is 38.1 Å². The summed E-state index contributed by atoms with van der Waals surface area (Å²) in [6.07, 6.45) is 13.6. The van der Waals surface area contributed by atoms with E-state index in [1.165, 1.54) is 19.2 Å². The van der Waals surface area contributed by atoms with Gasteiger partial charge in [0.05, 0.1) is 44.2 Å². The Morgan fingerprint density at radius 3 is 2.88 bits per heavy atom. The van der Waals surface area contributed by atoms with Gasteiger partial charge in [-0.2, -0.15) is 10.4 Å². The minimum Gasteiger partial charge on any atom is -0.493 e. The summed E-state index contributed by atoms with van der Waals surface area (Å²) < 4.78 is 12.8. The highest BCUT2D eigenvalue weighted by Gasteiger charge is 2.27. The second-order valence-electron chi connectivity index (χ2n) is 8.37. The molecule has 0 aliphatic heterocycles. The van der Waals surface area contributed by atoms with Crippen molar-refractivity contribution in [2.75, 3.05) is 12.4 Å². The van der Waals surface area contributed by atoms with Gasteiger partial charge >= 0.3 is 0 Å². The topological polar surface area (TPSA) is 115 Å². The van der Waals surface area contributed by atoms with Crippen molar-refractivity contribution in [1.82, 2.24) is 24.7 Å². The maximum atomic E-state index is 9.37. The second kappa shape index (κ2) is 9.75. The van der Waals surface area contributed by atoms with Gasteiger partial charge in [0.2, 0.25) is 5.95 Å². The Morgan fingerprint density at radius 1 is 1.24 bits per heavy atom. The maximum Gasteiger partial charge on any atom is 0.227 e. The summed E-state index contributed by atoms with van der Waals surface area (Å²) in [6, 6.07) is 10.2. The maximum absolute atomic E-state index is 9.37.